The van der Waals surface area contributed by atoms with E-state index in [4.69, 9.17) is 14.0 Å². The third-order valence-corrected chi connectivity index (χ3v) is 6.00. The second-order valence-electron chi connectivity index (χ2n) is 9.30. The fourth-order valence-corrected chi connectivity index (χ4v) is 4.68. The lowest BCUT2D eigenvalue weighted by molar-refractivity contribution is -0.174. The average Bonchev–Trinajstić information content (AvgIpc) is 3.46. The minimum Gasteiger partial charge on any atom is -0.457 e. The van der Waals surface area contributed by atoms with Gasteiger partial charge in [-0.05, 0) is 81.5 Å². The zero-order valence-corrected chi connectivity index (χ0v) is 17.7. The molecule has 1 aromatic heterocycles. The largest absolute Gasteiger partial charge is 0.457 e. The van der Waals surface area contributed by atoms with Crippen molar-refractivity contribution in [2.24, 2.45) is 4.99 Å². The molecule has 2 aromatic rings. The van der Waals surface area contributed by atoms with Crippen molar-refractivity contribution >= 4 is 17.7 Å². The molecular weight excluding hydrogens is 382 g/mol. The van der Waals surface area contributed by atoms with E-state index in [0.29, 0.717) is 11.7 Å². The first kappa shape index (κ1) is 19.2. The van der Waals surface area contributed by atoms with Crippen molar-refractivity contribution < 1.29 is 18.8 Å². The fraction of sp³-hybridized carbons (Fsp3) is 0.522. The number of aromatic nitrogens is 1. The number of aryl methyl sites for hydroxylation is 2. The first-order valence-electron chi connectivity index (χ1n) is 10.7. The molecule has 0 saturated heterocycles. The summed E-state index contributed by atoms with van der Waals surface area (Å²) in [7, 11) is 0. The van der Waals surface area contributed by atoms with Crippen LogP contribution in [-0.2, 0) is 45.6 Å². The second kappa shape index (κ2) is 6.86. The van der Waals surface area contributed by atoms with Gasteiger partial charge >= 0.3 is 5.97 Å². The zero-order chi connectivity index (χ0) is 20.9. The highest BCUT2D eigenvalue weighted by Gasteiger charge is 2.52. The molecule has 7 nitrogen and oxygen atoms in total. The maximum Gasteiger partial charge on any atom is 0.359 e. The van der Waals surface area contributed by atoms with Crippen molar-refractivity contribution in [3.63, 3.8) is 0 Å². The van der Waals surface area contributed by atoms with E-state index in [1.165, 1.54) is 41.4 Å². The number of nitrogens with zero attached hydrogens (tertiary/aromatic N) is 2. The number of rotatable bonds is 3. The number of hydrogen-bond acceptors (Lipinski definition) is 7. The Morgan fingerprint density at radius 2 is 1.83 bits per heavy atom. The number of amidine groups is 1. The summed E-state index contributed by atoms with van der Waals surface area (Å²) in [4.78, 5) is 17.7. The van der Waals surface area contributed by atoms with Crippen molar-refractivity contribution in [2.75, 3.05) is 11.9 Å². The molecule has 0 radical (unpaired) electrons. The third-order valence-electron chi connectivity index (χ3n) is 6.00. The lowest BCUT2D eigenvalue weighted by atomic mass is 9.99. The Morgan fingerprint density at radius 3 is 2.43 bits per heavy atom. The van der Waals surface area contributed by atoms with Crippen LogP contribution in [0, 0.1) is 0 Å². The van der Waals surface area contributed by atoms with Gasteiger partial charge in [-0.1, -0.05) is 11.2 Å². The summed E-state index contributed by atoms with van der Waals surface area (Å²) < 4.78 is 16.8. The lowest BCUT2D eigenvalue weighted by Crippen LogP contribution is -2.45. The van der Waals surface area contributed by atoms with E-state index in [9.17, 15) is 4.79 Å². The fourth-order valence-electron chi connectivity index (χ4n) is 4.68. The van der Waals surface area contributed by atoms with E-state index in [1.54, 1.807) is 6.07 Å². The molecule has 2 heterocycles. The molecule has 1 aliphatic heterocycles. The Kier molecular flexibility index (Phi) is 4.38. The topological polar surface area (TPSA) is 86.0 Å². The number of benzene rings is 1. The third kappa shape index (κ3) is 3.16. The Bertz CT molecular complexity index is 988. The van der Waals surface area contributed by atoms with E-state index >= 15 is 0 Å². The minimum absolute atomic E-state index is 0.0913. The zero-order valence-electron chi connectivity index (χ0n) is 17.7. The quantitative estimate of drug-likeness (QED) is 0.778. The van der Waals surface area contributed by atoms with Crippen LogP contribution in [0.2, 0.25) is 0 Å². The highest BCUT2D eigenvalue weighted by Crippen LogP contribution is 2.40. The van der Waals surface area contributed by atoms with E-state index in [0.717, 1.165) is 31.4 Å². The van der Waals surface area contributed by atoms with Gasteiger partial charge in [-0.25, -0.2) is 9.79 Å². The molecule has 158 valence electrons. The predicted octanol–water partition coefficient (Wildman–Crippen LogP) is 3.69. The number of carbonyl (C=O) groups excluding carboxylic acids is 1. The summed E-state index contributed by atoms with van der Waals surface area (Å²) in [5.74, 6) is -0.520. The van der Waals surface area contributed by atoms with Gasteiger partial charge in [-0.15, -0.1) is 0 Å². The summed E-state index contributed by atoms with van der Waals surface area (Å²) in [6.07, 6.45) is 8.10. The van der Waals surface area contributed by atoms with E-state index in [2.05, 4.69) is 21.5 Å². The van der Waals surface area contributed by atoms with E-state index in [1.807, 2.05) is 20.8 Å². The first-order valence-corrected chi connectivity index (χ1v) is 10.7. The van der Waals surface area contributed by atoms with Crippen molar-refractivity contribution in [1.82, 2.24) is 5.16 Å². The second-order valence-corrected chi connectivity index (χ2v) is 9.30. The maximum absolute atomic E-state index is 13.1. The van der Waals surface area contributed by atoms with E-state index in [-0.39, 0.29) is 6.54 Å². The monoisotopic (exact) mass is 409 g/mol. The molecule has 30 heavy (non-hydrogen) atoms. The number of ether oxygens (including phenoxy) is 2. The van der Waals surface area contributed by atoms with Gasteiger partial charge in [-0.3, -0.25) is 0 Å². The van der Waals surface area contributed by atoms with Crippen LogP contribution in [0.15, 0.2) is 27.9 Å². The van der Waals surface area contributed by atoms with Crippen LogP contribution in [0.1, 0.15) is 61.6 Å². The Labute approximate surface area is 175 Å². The normalized spacial score (nSPS) is 22.3. The number of nitrogens with one attached hydrogen (secondary N) is 1. The molecule has 0 spiro atoms. The van der Waals surface area contributed by atoms with Crippen molar-refractivity contribution in [3.05, 3.63) is 46.3 Å². The van der Waals surface area contributed by atoms with Gasteiger partial charge in [0.25, 0.3) is 11.6 Å². The Morgan fingerprint density at radius 1 is 1.13 bits per heavy atom. The number of fused-ring (bicyclic) bond motifs is 2. The average molecular weight is 409 g/mol. The molecule has 1 unspecified atom stereocenters. The molecule has 5 rings (SSSR count). The van der Waals surface area contributed by atoms with Gasteiger partial charge < -0.3 is 19.3 Å². The molecule has 0 amide bonds. The SMILES string of the molecule is CC(C)(C)OC(=O)C1(c2ccon2)CN=C(Nc2c3c(cc4c2CCC4)CCC3)O1. The van der Waals surface area contributed by atoms with Crippen LogP contribution < -0.4 is 5.32 Å². The van der Waals surface area contributed by atoms with Crippen LogP contribution in [0.25, 0.3) is 0 Å². The number of carbonyl (C=O) groups is 1. The van der Waals surface area contributed by atoms with Gasteiger partial charge in [0.2, 0.25) is 0 Å². The lowest BCUT2D eigenvalue weighted by Gasteiger charge is -2.29. The molecule has 0 saturated carbocycles. The summed E-state index contributed by atoms with van der Waals surface area (Å²) in [6, 6.07) is 4.34. The van der Waals surface area contributed by atoms with Gasteiger partial charge in [0.05, 0.1) is 0 Å². The van der Waals surface area contributed by atoms with Crippen LogP contribution in [-0.4, -0.2) is 29.3 Å². The molecule has 2 aliphatic carbocycles. The minimum atomic E-state index is -1.44. The summed E-state index contributed by atoms with van der Waals surface area (Å²) in [6.45, 7) is 5.57. The van der Waals surface area contributed by atoms with Crippen molar-refractivity contribution in [3.8, 4) is 0 Å². The predicted molar refractivity (Wildman–Crippen MR) is 112 cm³/mol. The molecule has 3 aliphatic rings. The number of hydrogen-bond donors (Lipinski definition) is 1. The number of esters is 1. The summed E-state index contributed by atoms with van der Waals surface area (Å²) >= 11 is 0. The van der Waals surface area contributed by atoms with Crippen LogP contribution in [0.4, 0.5) is 5.69 Å². The Hall–Kier alpha value is -2.83. The van der Waals surface area contributed by atoms with Gasteiger partial charge in [0, 0.05) is 11.8 Å². The van der Waals surface area contributed by atoms with Crippen molar-refractivity contribution in [1.29, 1.82) is 0 Å². The summed E-state index contributed by atoms with van der Waals surface area (Å²) in [5, 5.41) is 7.41. The molecular formula is C23H27N3O4. The molecule has 0 bridgehead atoms. The molecule has 1 atom stereocenters. The highest BCUT2D eigenvalue weighted by atomic mass is 16.6. The molecule has 1 N–H and O–H groups in total. The smallest absolute Gasteiger partial charge is 0.359 e. The molecule has 0 fully saturated rings. The Balaban J connectivity index is 1.46. The summed E-state index contributed by atoms with van der Waals surface area (Å²) in [5.41, 5.74) is 4.95. The van der Waals surface area contributed by atoms with Crippen LogP contribution >= 0.6 is 0 Å². The van der Waals surface area contributed by atoms with Crippen LogP contribution in [0.3, 0.4) is 0 Å². The first-order chi connectivity index (χ1) is 14.4. The highest BCUT2D eigenvalue weighted by molar-refractivity contribution is 5.96. The number of anilines is 1. The van der Waals surface area contributed by atoms with Crippen LogP contribution in [0.5, 0.6) is 0 Å². The van der Waals surface area contributed by atoms with Crippen molar-refractivity contribution in [2.45, 2.75) is 70.5 Å². The maximum atomic E-state index is 13.1. The van der Waals surface area contributed by atoms with Gasteiger partial charge in [-0.2, -0.15) is 0 Å². The van der Waals surface area contributed by atoms with E-state index < -0.39 is 17.2 Å². The molecule has 1 aromatic carbocycles. The number of aliphatic imine (C=N–C) groups is 1. The van der Waals surface area contributed by atoms with Gasteiger partial charge in [0.15, 0.2) is 0 Å². The molecule has 7 heteroatoms. The standard InChI is InChI=1S/C23H27N3O4/c1-22(2,3)29-20(27)23(18-10-11-28-26-18)13-24-21(30-23)25-19-16-8-4-6-14(16)12-15-7-5-9-17(15)19/h10-12H,4-9,13H2,1-3H3,(H,24,25). The van der Waals surface area contributed by atoms with Gasteiger partial charge in [0.1, 0.15) is 24.1 Å².